The highest BCUT2D eigenvalue weighted by molar-refractivity contribution is 9.10. The monoisotopic (exact) mass is 455 g/mol. The second-order valence-corrected chi connectivity index (χ2v) is 6.91. The van der Waals surface area contributed by atoms with Gasteiger partial charge in [0.15, 0.2) is 6.61 Å². The summed E-state index contributed by atoms with van der Waals surface area (Å²) in [6.07, 6.45) is 3.10. The maximum absolute atomic E-state index is 11.9. The van der Waals surface area contributed by atoms with Crippen LogP contribution in [0, 0.1) is 0 Å². The number of nitrogens with two attached hydrogens (primary N) is 1. The van der Waals surface area contributed by atoms with Crippen molar-refractivity contribution in [2.75, 3.05) is 6.61 Å². The van der Waals surface area contributed by atoms with E-state index in [1.54, 1.807) is 18.3 Å². The summed E-state index contributed by atoms with van der Waals surface area (Å²) in [4.78, 5) is 23.1. The molecule has 3 rings (SSSR count). The molecule has 3 aromatic rings. The highest BCUT2D eigenvalue weighted by Gasteiger charge is 2.11. The van der Waals surface area contributed by atoms with Crippen molar-refractivity contribution in [2.24, 2.45) is 10.8 Å². The molecule has 29 heavy (non-hydrogen) atoms. The molecule has 0 bridgehead atoms. The molecule has 8 nitrogen and oxygen atoms in total. The molecule has 2 amide bonds. The zero-order chi connectivity index (χ0) is 20.6. The Morgan fingerprint density at radius 3 is 2.59 bits per heavy atom. The molecule has 0 aliphatic heterocycles. The van der Waals surface area contributed by atoms with Crippen LogP contribution in [0.5, 0.6) is 5.75 Å². The third-order valence-corrected chi connectivity index (χ3v) is 4.26. The van der Waals surface area contributed by atoms with Crippen molar-refractivity contribution in [2.45, 2.75) is 6.54 Å². The fourth-order valence-corrected chi connectivity index (χ4v) is 2.74. The zero-order valence-corrected chi connectivity index (χ0v) is 16.9. The number of rotatable bonds is 8. The van der Waals surface area contributed by atoms with Crippen LogP contribution in [0.3, 0.4) is 0 Å². The molecular formula is C20H18BrN5O3. The Morgan fingerprint density at radius 2 is 1.90 bits per heavy atom. The summed E-state index contributed by atoms with van der Waals surface area (Å²) in [7, 11) is 0. The van der Waals surface area contributed by atoms with E-state index in [-0.39, 0.29) is 13.2 Å². The maximum atomic E-state index is 11.9. The fraction of sp³-hybridized carbons (Fsp3) is 0.100. The van der Waals surface area contributed by atoms with Gasteiger partial charge in [-0.2, -0.15) is 10.2 Å². The third kappa shape index (κ3) is 6.01. The van der Waals surface area contributed by atoms with Gasteiger partial charge in [0, 0.05) is 21.8 Å². The van der Waals surface area contributed by atoms with E-state index >= 15 is 0 Å². The Morgan fingerprint density at radius 1 is 1.17 bits per heavy atom. The van der Waals surface area contributed by atoms with E-state index in [1.807, 2.05) is 42.5 Å². The average molecular weight is 456 g/mol. The lowest BCUT2D eigenvalue weighted by atomic mass is 10.1. The van der Waals surface area contributed by atoms with Crippen molar-refractivity contribution in [1.82, 2.24) is 15.2 Å². The molecule has 0 unspecified atom stereocenters. The lowest BCUT2D eigenvalue weighted by Gasteiger charge is -2.04. The van der Waals surface area contributed by atoms with Crippen molar-refractivity contribution in [1.29, 1.82) is 0 Å². The molecule has 0 fully saturated rings. The summed E-state index contributed by atoms with van der Waals surface area (Å²) in [5, 5.41) is 8.35. The molecule has 1 heterocycles. The largest absolute Gasteiger partial charge is 0.484 e. The summed E-state index contributed by atoms with van der Waals surface area (Å²) in [6.45, 7) is -0.230. The van der Waals surface area contributed by atoms with Crippen molar-refractivity contribution >= 4 is 34.0 Å². The predicted octanol–water partition coefficient (Wildman–Crippen LogP) is 2.33. The maximum Gasteiger partial charge on any atom is 0.277 e. The van der Waals surface area contributed by atoms with Gasteiger partial charge in [-0.15, -0.1) is 0 Å². The first-order valence-electron chi connectivity index (χ1n) is 8.63. The number of hydrogen-bond acceptors (Lipinski definition) is 5. The number of benzene rings is 2. The van der Waals surface area contributed by atoms with Gasteiger partial charge in [0.25, 0.3) is 5.91 Å². The summed E-state index contributed by atoms with van der Waals surface area (Å²) in [6, 6.07) is 16.6. The van der Waals surface area contributed by atoms with Crippen LogP contribution in [0.2, 0.25) is 0 Å². The van der Waals surface area contributed by atoms with Gasteiger partial charge in [0.1, 0.15) is 18.0 Å². The molecule has 0 spiro atoms. The van der Waals surface area contributed by atoms with Gasteiger partial charge in [-0.25, -0.2) is 5.43 Å². The Kier molecular flexibility index (Phi) is 6.75. The molecule has 0 saturated heterocycles. The number of halogens is 1. The second kappa shape index (κ2) is 9.65. The predicted molar refractivity (Wildman–Crippen MR) is 112 cm³/mol. The van der Waals surface area contributed by atoms with Gasteiger partial charge in [-0.1, -0.05) is 46.3 Å². The molecule has 1 aromatic heterocycles. The molecule has 0 aliphatic rings. The summed E-state index contributed by atoms with van der Waals surface area (Å²) < 4.78 is 7.75. The van der Waals surface area contributed by atoms with Crippen molar-refractivity contribution in [3.8, 4) is 17.0 Å². The minimum Gasteiger partial charge on any atom is -0.484 e. The first-order valence-corrected chi connectivity index (χ1v) is 9.42. The van der Waals surface area contributed by atoms with Crippen molar-refractivity contribution < 1.29 is 14.3 Å². The molecule has 0 atom stereocenters. The lowest BCUT2D eigenvalue weighted by Crippen LogP contribution is -2.24. The van der Waals surface area contributed by atoms with Gasteiger partial charge in [-0.05, 0) is 24.3 Å². The number of hydrogen-bond donors (Lipinski definition) is 2. The minimum atomic E-state index is -0.506. The third-order valence-electron chi connectivity index (χ3n) is 3.73. The van der Waals surface area contributed by atoms with Crippen LogP contribution in [-0.2, 0) is 16.1 Å². The van der Waals surface area contributed by atoms with Crippen LogP contribution in [0.4, 0.5) is 0 Å². The summed E-state index contributed by atoms with van der Waals surface area (Å²) >= 11 is 3.33. The zero-order valence-electron chi connectivity index (χ0n) is 15.3. The molecule has 2 aromatic carbocycles. The molecular weight excluding hydrogens is 438 g/mol. The van der Waals surface area contributed by atoms with Crippen LogP contribution in [0.1, 0.15) is 5.56 Å². The van der Waals surface area contributed by atoms with Gasteiger partial charge in [0.05, 0.1) is 6.21 Å². The number of nitrogens with zero attached hydrogens (tertiary/aromatic N) is 3. The summed E-state index contributed by atoms with van der Waals surface area (Å²) in [5.74, 6) is -0.338. The van der Waals surface area contributed by atoms with E-state index in [2.05, 4.69) is 31.6 Å². The van der Waals surface area contributed by atoms with Crippen molar-refractivity contribution in [3.63, 3.8) is 0 Å². The standard InChI is InChI=1S/C20H18BrN5O3/c21-16-6-8-17(9-7-16)29-13-19(28)24-23-10-15-11-26(12-18(22)27)25-20(15)14-4-2-1-3-5-14/h1-11H,12-13H2,(H2,22,27)(H,24,28)/b23-10+. The van der Waals surface area contributed by atoms with E-state index < -0.39 is 11.8 Å². The van der Waals surface area contributed by atoms with E-state index in [1.165, 1.54) is 10.9 Å². The van der Waals surface area contributed by atoms with Crippen LogP contribution in [-0.4, -0.2) is 34.4 Å². The second-order valence-electron chi connectivity index (χ2n) is 6.00. The minimum absolute atomic E-state index is 0.0545. The number of amides is 2. The lowest BCUT2D eigenvalue weighted by molar-refractivity contribution is -0.123. The van der Waals surface area contributed by atoms with Crippen molar-refractivity contribution in [3.05, 3.63) is 70.8 Å². The number of ether oxygens (including phenoxy) is 1. The Labute approximate surface area is 175 Å². The SMILES string of the molecule is NC(=O)Cn1cc(/C=N/NC(=O)COc2ccc(Br)cc2)c(-c2ccccc2)n1. The number of nitrogens with one attached hydrogen (secondary N) is 1. The number of carbonyl (C=O) groups is 2. The van der Waals surface area contributed by atoms with Crippen LogP contribution < -0.4 is 15.9 Å². The smallest absolute Gasteiger partial charge is 0.277 e. The normalized spacial score (nSPS) is 10.8. The van der Waals surface area contributed by atoms with E-state index in [0.717, 1.165) is 10.0 Å². The molecule has 0 radical (unpaired) electrons. The first kappa shape index (κ1) is 20.3. The number of primary amides is 1. The van der Waals surface area contributed by atoms with Gasteiger partial charge in [0.2, 0.25) is 5.91 Å². The van der Waals surface area contributed by atoms with Gasteiger partial charge >= 0.3 is 0 Å². The number of carbonyl (C=O) groups excluding carboxylic acids is 2. The molecule has 148 valence electrons. The Balaban J connectivity index is 1.65. The van der Waals surface area contributed by atoms with E-state index in [0.29, 0.717) is 17.0 Å². The number of hydrazone groups is 1. The fourth-order valence-electron chi connectivity index (χ4n) is 2.48. The molecule has 9 heteroatoms. The quantitative estimate of drug-likeness (QED) is 0.400. The summed E-state index contributed by atoms with van der Waals surface area (Å²) in [5.41, 5.74) is 9.76. The molecule has 3 N–H and O–H groups in total. The average Bonchev–Trinajstić information content (AvgIpc) is 3.10. The van der Waals surface area contributed by atoms with Gasteiger partial charge < -0.3 is 10.5 Å². The van der Waals surface area contributed by atoms with E-state index in [4.69, 9.17) is 10.5 Å². The van der Waals surface area contributed by atoms with E-state index in [9.17, 15) is 9.59 Å². The Bertz CT molecular complexity index is 1020. The first-order chi connectivity index (χ1) is 14.0. The highest BCUT2D eigenvalue weighted by Crippen LogP contribution is 2.20. The highest BCUT2D eigenvalue weighted by atomic mass is 79.9. The van der Waals surface area contributed by atoms with Crippen LogP contribution in [0.25, 0.3) is 11.3 Å². The van der Waals surface area contributed by atoms with Crippen LogP contribution in [0.15, 0.2) is 70.4 Å². The topological polar surface area (TPSA) is 112 Å². The van der Waals surface area contributed by atoms with Gasteiger partial charge in [-0.3, -0.25) is 14.3 Å². The molecule has 0 saturated carbocycles. The number of aromatic nitrogens is 2. The Hall–Kier alpha value is -3.46. The van der Waals surface area contributed by atoms with Crippen LogP contribution >= 0.6 is 15.9 Å². The molecule has 0 aliphatic carbocycles.